The van der Waals surface area contributed by atoms with Crippen LogP contribution in [0.2, 0.25) is 0 Å². The first-order valence-corrected chi connectivity index (χ1v) is 6.67. The van der Waals surface area contributed by atoms with E-state index in [0.29, 0.717) is 22.8 Å². The summed E-state index contributed by atoms with van der Waals surface area (Å²) in [6, 6.07) is 0. The Morgan fingerprint density at radius 1 is 1.21 bits per heavy atom. The Bertz CT molecular complexity index is 456. The molecule has 2 rings (SSSR count). The van der Waals surface area contributed by atoms with Gasteiger partial charge in [0.1, 0.15) is 12.4 Å². The molecule has 0 unspecified atom stereocenters. The van der Waals surface area contributed by atoms with Gasteiger partial charge in [-0.3, -0.25) is 4.98 Å². The predicted octanol–water partition coefficient (Wildman–Crippen LogP) is 2.65. The van der Waals surface area contributed by atoms with Crippen LogP contribution in [0, 0.1) is 5.92 Å². The summed E-state index contributed by atoms with van der Waals surface area (Å²) in [5.41, 5.74) is -0.777. The molecular formula is C12H18F3N3O. The lowest BCUT2D eigenvalue weighted by molar-refractivity contribution is -0.143. The standard InChI is InChI=1S/C12H18F3N3O/c13-12(14,15)8-18-11(19)16-10(17-18)7-9-5-3-1-2-4-6-9/h9H,1-8H2,(H,16,17,19). The average molecular weight is 277 g/mol. The van der Waals surface area contributed by atoms with Gasteiger partial charge >= 0.3 is 11.9 Å². The highest BCUT2D eigenvalue weighted by molar-refractivity contribution is 4.86. The summed E-state index contributed by atoms with van der Waals surface area (Å²) in [4.78, 5) is 13.8. The number of hydrogen-bond acceptors (Lipinski definition) is 2. The SMILES string of the molecule is O=c1[nH]c(CC2CCCCCC2)nn1CC(F)(F)F. The third-order valence-electron chi connectivity index (χ3n) is 3.51. The van der Waals surface area contributed by atoms with Crippen molar-refractivity contribution in [3.63, 3.8) is 0 Å². The number of aromatic amines is 1. The summed E-state index contributed by atoms with van der Waals surface area (Å²) < 4.78 is 37.2. The van der Waals surface area contributed by atoms with Gasteiger partial charge in [-0.2, -0.15) is 18.3 Å². The second-order valence-electron chi connectivity index (χ2n) is 5.21. The van der Waals surface area contributed by atoms with Gasteiger partial charge in [-0.15, -0.1) is 0 Å². The predicted molar refractivity (Wildman–Crippen MR) is 63.8 cm³/mol. The molecule has 0 bridgehead atoms. The summed E-state index contributed by atoms with van der Waals surface area (Å²) in [5, 5.41) is 3.75. The van der Waals surface area contributed by atoms with Crippen LogP contribution in [0.25, 0.3) is 0 Å². The minimum absolute atomic E-state index is 0.376. The molecule has 0 radical (unpaired) electrons. The molecule has 7 heteroatoms. The van der Waals surface area contributed by atoms with Crippen LogP contribution in [0.15, 0.2) is 4.79 Å². The van der Waals surface area contributed by atoms with Crippen LogP contribution in [-0.4, -0.2) is 20.9 Å². The van der Waals surface area contributed by atoms with E-state index in [1.54, 1.807) is 0 Å². The Balaban J connectivity index is 2.01. The molecule has 19 heavy (non-hydrogen) atoms. The van der Waals surface area contributed by atoms with Crippen molar-refractivity contribution < 1.29 is 13.2 Å². The van der Waals surface area contributed by atoms with Gasteiger partial charge < -0.3 is 0 Å². The van der Waals surface area contributed by atoms with E-state index in [1.807, 2.05) is 0 Å². The number of nitrogens with zero attached hydrogens (tertiary/aromatic N) is 2. The summed E-state index contributed by atoms with van der Waals surface area (Å²) in [7, 11) is 0. The van der Waals surface area contributed by atoms with Gasteiger partial charge in [0.15, 0.2) is 0 Å². The summed E-state index contributed by atoms with van der Waals surface area (Å²) in [5.74, 6) is 0.800. The molecule has 0 spiro atoms. The number of halogens is 3. The van der Waals surface area contributed by atoms with Crippen LogP contribution in [0.4, 0.5) is 13.2 Å². The zero-order valence-corrected chi connectivity index (χ0v) is 10.7. The molecule has 1 saturated carbocycles. The van der Waals surface area contributed by atoms with Crippen molar-refractivity contribution in [1.29, 1.82) is 0 Å². The van der Waals surface area contributed by atoms with Gasteiger partial charge in [0.2, 0.25) is 0 Å². The molecule has 0 aromatic carbocycles. The lowest BCUT2D eigenvalue weighted by Crippen LogP contribution is -2.27. The lowest BCUT2D eigenvalue weighted by atomic mass is 9.96. The zero-order chi connectivity index (χ0) is 13.9. The van der Waals surface area contributed by atoms with Crippen molar-refractivity contribution >= 4 is 0 Å². The fourth-order valence-electron chi connectivity index (χ4n) is 2.61. The van der Waals surface area contributed by atoms with Crippen molar-refractivity contribution in [1.82, 2.24) is 14.8 Å². The third-order valence-corrected chi connectivity index (χ3v) is 3.51. The van der Waals surface area contributed by atoms with Crippen molar-refractivity contribution in [3.8, 4) is 0 Å². The van der Waals surface area contributed by atoms with E-state index < -0.39 is 18.4 Å². The largest absolute Gasteiger partial charge is 0.408 e. The highest BCUT2D eigenvalue weighted by atomic mass is 19.4. The monoisotopic (exact) mass is 277 g/mol. The van der Waals surface area contributed by atoms with Gasteiger partial charge in [-0.25, -0.2) is 9.48 Å². The Kier molecular flexibility index (Phi) is 4.31. The van der Waals surface area contributed by atoms with E-state index in [1.165, 1.54) is 12.8 Å². The number of H-pyrrole nitrogens is 1. The Morgan fingerprint density at radius 2 is 1.84 bits per heavy atom. The molecular weight excluding hydrogens is 259 g/mol. The smallest absolute Gasteiger partial charge is 0.293 e. The summed E-state index contributed by atoms with van der Waals surface area (Å²) in [6.07, 6.45) is 3.02. The zero-order valence-electron chi connectivity index (χ0n) is 10.7. The van der Waals surface area contributed by atoms with Gasteiger partial charge in [-0.1, -0.05) is 38.5 Å². The maximum absolute atomic E-state index is 12.2. The highest BCUT2D eigenvalue weighted by Crippen LogP contribution is 2.25. The molecule has 108 valence electrons. The fraction of sp³-hybridized carbons (Fsp3) is 0.833. The van der Waals surface area contributed by atoms with E-state index in [9.17, 15) is 18.0 Å². The number of hydrogen-bond donors (Lipinski definition) is 1. The maximum Gasteiger partial charge on any atom is 0.408 e. The average Bonchev–Trinajstić information content (AvgIpc) is 2.52. The summed E-state index contributed by atoms with van der Waals surface area (Å²) >= 11 is 0. The van der Waals surface area contributed by atoms with E-state index in [2.05, 4.69) is 10.1 Å². The Morgan fingerprint density at radius 3 is 2.42 bits per heavy atom. The van der Waals surface area contributed by atoms with Crippen LogP contribution in [0.5, 0.6) is 0 Å². The van der Waals surface area contributed by atoms with Gasteiger partial charge in [0.05, 0.1) is 0 Å². The number of alkyl halides is 3. The molecule has 0 aliphatic heterocycles. The van der Waals surface area contributed by atoms with Crippen LogP contribution in [0.3, 0.4) is 0 Å². The molecule has 1 aromatic heterocycles. The lowest BCUT2D eigenvalue weighted by Gasteiger charge is -2.11. The molecule has 4 nitrogen and oxygen atoms in total. The van der Waals surface area contributed by atoms with Crippen LogP contribution in [-0.2, 0) is 13.0 Å². The highest BCUT2D eigenvalue weighted by Gasteiger charge is 2.30. The molecule has 1 N–H and O–H groups in total. The van der Waals surface area contributed by atoms with E-state index in [0.717, 1.165) is 25.7 Å². The normalized spacial score (nSPS) is 18.5. The summed E-state index contributed by atoms with van der Waals surface area (Å²) in [6.45, 7) is -1.33. The van der Waals surface area contributed by atoms with E-state index in [-0.39, 0.29) is 0 Å². The molecule has 1 heterocycles. The first-order chi connectivity index (χ1) is 8.94. The molecule has 1 fully saturated rings. The number of nitrogens with one attached hydrogen (secondary N) is 1. The number of rotatable bonds is 3. The van der Waals surface area contributed by atoms with Gasteiger partial charge in [0, 0.05) is 6.42 Å². The Hall–Kier alpha value is -1.27. The van der Waals surface area contributed by atoms with Crippen LogP contribution in [0.1, 0.15) is 44.3 Å². The first-order valence-electron chi connectivity index (χ1n) is 6.67. The van der Waals surface area contributed by atoms with Crippen LogP contribution < -0.4 is 5.69 Å². The fourth-order valence-corrected chi connectivity index (χ4v) is 2.61. The molecule has 0 atom stereocenters. The first kappa shape index (κ1) is 14.1. The van der Waals surface area contributed by atoms with Crippen molar-refractivity contribution in [2.24, 2.45) is 5.92 Å². The minimum Gasteiger partial charge on any atom is -0.293 e. The Labute approximate surface area is 109 Å². The molecule has 0 amide bonds. The minimum atomic E-state index is -4.42. The van der Waals surface area contributed by atoms with Crippen molar-refractivity contribution in [2.75, 3.05) is 0 Å². The maximum atomic E-state index is 12.2. The van der Waals surface area contributed by atoms with Crippen LogP contribution >= 0.6 is 0 Å². The van der Waals surface area contributed by atoms with E-state index in [4.69, 9.17) is 0 Å². The van der Waals surface area contributed by atoms with Gasteiger partial charge in [0.25, 0.3) is 0 Å². The molecule has 1 aromatic rings. The van der Waals surface area contributed by atoms with Crippen molar-refractivity contribution in [3.05, 3.63) is 16.3 Å². The molecule has 0 saturated heterocycles. The second kappa shape index (κ2) is 5.79. The molecule has 1 aliphatic rings. The van der Waals surface area contributed by atoms with Gasteiger partial charge in [-0.05, 0) is 5.92 Å². The van der Waals surface area contributed by atoms with Crippen molar-refractivity contribution in [2.45, 2.75) is 57.7 Å². The number of aromatic nitrogens is 3. The molecule has 1 aliphatic carbocycles. The second-order valence-corrected chi connectivity index (χ2v) is 5.21. The van der Waals surface area contributed by atoms with E-state index >= 15 is 0 Å². The quantitative estimate of drug-likeness (QED) is 0.863. The third kappa shape index (κ3) is 4.40. The topological polar surface area (TPSA) is 50.7 Å².